The molecule has 3 atom stereocenters. The SMILES string of the molecule is CC(C)N(C(C)C)P(OCCC#N)OCC(COI)OC(CF)n1ccc(=O)[nH]c1=O. The van der Waals surface area contributed by atoms with E-state index >= 15 is 0 Å². The second-order valence-electron chi connectivity index (χ2n) is 7.00. The molecule has 13 heteroatoms. The largest absolute Gasteiger partial charge is 0.347 e. The Morgan fingerprint density at radius 3 is 2.45 bits per heavy atom. The van der Waals surface area contributed by atoms with Gasteiger partial charge in [0.25, 0.3) is 14.1 Å². The number of hydrogen-bond acceptors (Lipinski definition) is 8. The van der Waals surface area contributed by atoms with Gasteiger partial charge in [-0.25, -0.2) is 13.9 Å². The average molecular weight is 574 g/mol. The number of alkyl halides is 1. The van der Waals surface area contributed by atoms with Crippen LogP contribution in [-0.2, 0) is 16.9 Å². The van der Waals surface area contributed by atoms with Gasteiger partial charge in [0.05, 0.1) is 32.3 Å². The fraction of sp³-hybridized carbons (Fsp3) is 0.722. The molecule has 1 aromatic heterocycles. The van der Waals surface area contributed by atoms with Crippen LogP contribution in [0.4, 0.5) is 4.39 Å². The predicted octanol–water partition coefficient (Wildman–Crippen LogP) is 3.05. The molecule has 0 aliphatic carbocycles. The molecule has 0 spiro atoms. The quantitative estimate of drug-likeness (QED) is 0.193. The van der Waals surface area contributed by atoms with E-state index in [-0.39, 0.29) is 38.3 Å². The summed E-state index contributed by atoms with van der Waals surface area (Å²) in [6, 6.07) is 3.38. The maximum absolute atomic E-state index is 13.6. The summed E-state index contributed by atoms with van der Waals surface area (Å²) in [7, 11) is -1.52. The minimum Gasteiger partial charge on any atom is -0.347 e. The van der Waals surface area contributed by atoms with Gasteiger partial charge >= 0.3 is 5.69 Å². The van der Waals surface area contributed by atoms with Gasteiger partial charge in [-0.3, -0.25) is 14.3 Å². The van der Waals surface area contributed by atoms with Crippen LogP contribution in [-0.4, -0.2) is 58.9 Å². The summed E-state index contributed by atoms with van der Waals surface area (Å²) in [5.74, 6) is 0. The molecule has 0 aliphatic heterocycles. The number of rotatable bonds is 15. The van der Waals surface area contributed by atoms with Crippen molar-refractivity contribution in [3.05, 3.63) is 33.1 Å². The molecule has 0 radical (unpaired) electrons. The van der Waals surface area contributed by atoms with Crippen LogP contribution in [0.15, 0.2) is 21.9 Å². The molecule has 10 nitrogen and oxygen atoms in total. The number of aromatic amines is 1. The predicted molar refractivity (Wildman–Crippen MR) is 122 cm³/mol. The van der Waals surface area contributed by atoms with Crippen LogP contribution in [0, 0.1) is 11.3 Å². The lowest BCUT2D eigenvalue weighted by Gasteiger charge is -2.36. The van der Waals surface area contributed by atoms with Crippen LogP contribution in [0.1, 0.15) is 40.3 Å². The molecule has 31 heavy (non-hydrogen) atoms. The van der Waals surface area contributed by atoms with E-state index in [1.807, 2.05) is 38.4 Å². The third-order valence-corrected chi connectivity index (χ3v) is 6.36. The van der Waals surface area contributed by atoms with E-state index in [1.165, 1.54) is 6.20 Å². The third kappa shape index (κ3) is 9.61. The van der Waals surface area contributed by atoms with Gasteiger partial charge in [0.15, 0.2) is 6.23 Å². The zero-order valence-electron chi connectivity index (χ0n) is 18.0. The standard InChI is InChI=1S/C18H29FIN4O6P/c1-13(2)24(14(3)4)31(28-9-5-7-21)29-12-15(11-27-20)30-17(10-19)23-8-6-16(25)22-18(23)26/h6,8,13-15,17H,5,9-12H2,1-4H3,(H,22,25,26). The van der Waals surface area contributed by atoms with E-state index in [9.17, 15) is 14.0 Å². The molecule has 0 fully saturated rings. The molecule has 0 aliphatic rings. The van der Waals surface area contributed by atoms with Crippen LogP contribution in [0.3, 0.4) is 0 Å². The number of nitriles is 1. The first-order valence-electron chi connectivity index (χ1n) is 9.72. The Hall–Kier alpha value is -0.940. The first kappa shape index (κ1) is 28.1. The minimum absolute atomic E-state index is 0.00576. The van der Waals surface area contributed by atoms with Gasteiger partial charge in [-0.1, -0.05) is 0 Å². The lowest BCUT2D eigenvalue weighted by Crippen LogP contribution is -2.38. The van der Waals surface area contributed by atoms with Gasteiger partial charge in [0.1, 0.15) is 35.8 Å². The van der Waals surface area contributed by atoms with Crippen molar-refractivity contribution in [2.45, 2.75) is 58.5 Å². The normalized spacial score (nSPS) is 14.7. The zero-order valence-corrected chi connectivity index (χ0v) is 21.0. The summed E-state index contributed by atoms with van der Waals surface area (Å²) in [4.78, 5) is 25.3. The van der Waals surface area contributed by atoms with Crippen molar-refractivity contribution in [1.29, 1.82) is 5.26 Å². The third-order valence-electron chi connectivity index (χ3n) is 3.93. The van der Waals surface area contributed by atoms with Crippen molar-refractivity contribution in [2.75, 3.05) is 26.5 Å². The lowest BCUT2D eigenvalue weighted by molar-refractivity contribution is -0.0932. The maximum atomic E-state index is 13.6. The van der Waals surface area contributed by atoms with E-state index in [0.717, 1.165) is 10.6 Å². The van der Waals surface area contributed by atoms with E-state index in [2.05, 4.69) is 4.98 Å². The molecule has 3 unspecified atom stereocenters. The van der Waals surface area contributed by atoms with E-state index < -0.39 is 38.8 Å². The summed E-state index contributed by atoms with van der Waals surface area (Å²) in [6.45, 7) is 7.33. The van der Waals surface area contributed by atoms with Crippen LogP contribution >= 0.6 is 31.5 Å². The van der Waals surface area contributed by atoms with Gasteiger partial charge < -0.3 is 16.9 Å². The highest BCUT2D eigenvalue weighted by Gasteiger charge is 2.29. The van der Waals surface area contributed by atoms with Crippen molar-refractivity contribution < 1.29 is 21.2 Å². The summed E-state index contributed by atoms with van der Waals surface area (Å²) in [5.41, 5.74) is -1.37. The second kappa shape index (κ2) is 15.0. The minimum atomic E-state index is -1.52. The Morgan fingerprint density at radius 1 is 1.26 bits per heavy atom. The van der Waals surface area contributed by atoms with Crippen molar-refractivity contribution >= 4 is 31.5 Å². The van der Waals surface area contributed by atoms with Crippen molar-refractivity contribution in [1.82, 2.24) is 14.2 Å². The Morgan fingerprint density at radius 2 is 1.94 bits per heavy atom. The summed E-state index contributed by atoms with van der Waals surface area (Å²) >= 11 is 1.69. The average Bonchev–Trinajstić information content (AvgIpc) is 2.69. The monoisotopic (exact) mass is 574 g/mol. The highest BCUT2D eigenvalue weighted by molar-refractivity contribution is 14.1. The fourth-order valence-electron chi connectivity index (χ4n) is 2.71. The van der Waals surface area contributed by atoms with Crippen molar-refractivity contribution in [3.63, 3.8) is 0 Å². The van der Waals surface area contributed by atoms with E-state index in [0.29, 0.717) is 0 Å². The fourth-order valence-corrected chi connectivity index (χ4v) is 4.75. The van der Waals surface area contributed by atoms with Gasteiger partial charge in [-0.15, -0.1) is 0 Å². The van der Waals surface area contributed by atoms with Gasteiger partial charge in [0, 0.05) is 24.3 Å². The molecule has 1 rings (SSSR count). The smallest absolute Gasteiger partial charge is 0.330 e. The van der Waals surface area contributed by atoms with Crippen molar-refractivity contribution in [2.24, 2.45) is 0 Å². The van der Waals surface area contributed by atoms with Crippen LogP contribution < -0.4 is 11.2 Å². The Bertz CT molecular complexity index is 794. The number of H-pyrrole nitrogens is 1. The number of hydrogen-bond donors (Lipinski definition) is 1. The molecule has 0 saturated carbocycles. The van der Waals surface area contributed by atoms with E-state index in [4.69, 9.17) is 22.1 Å². The molecule has 0 bridgehead atoms. The molecule has 176 valence electrons. The Labute approximate surface area is 196 Å². The molecule has 0 saturated heterocycles. The first-order valence-corrected chi connectivity index (χ1v) is 11.7. The number of ether oxygens (including phenoxy) is 1. The maximum Gasteiger partial charge on any atom is 0.330 e. The second-order valence-corrected chi connectivity index (χ2v) is 9.08. The molecule has 1 heterocycles. The number of aromatic nitrogens is 2. The lowest BCUT2D eigenvalue weighted by atomic mass is 10.3. The molecule has 0 amide bonds. The first-order chi connectivity index (χ1) is 14.7. The Kier molecular flexibility index (Phi) is 13.6. The van der Waals surface area contributed by atoms with Crippen LogP contribution in [0.25, 0.3) is 0 Å². The van der Waals surface area contributed by atoms with Crippen molar-refractivity contribution in [3.8, 4) is 6.07 Å². The van der Waals surface area contributed by atoms with E-state index in [1.54, 1.807) is 23.0 Å². The van der Waals surface area contributed by atoms with Gasteiger partial charge in [-0.2, -0.15) is 5.26 Å². The topological polar surface area (TPSA) is 119 Å². The molecule has 0 aromatic carbocycles. The molecular formula is C18H29FIN4O6P. The number of nitrogens with zero attached hydrogens (tertiary/aromatic N) is 3. The highest BCUT2D eigenvalue weighted by atomic mass is 127. The molecule has 1 aromatic rings. The summed E-state index contributed by atoms with van der Waals surface area (Å²) in [6.07, 6.45) is -0.586. The van der Waals surface area contributed by atoms with Gasteiger partial charge in [0.2, 0.25) is 0 Å². The summed E-state index contributed by atoms with van der Waals surface area (Å²) < 4.78 is 39.3. The summed E-state index contributed by atoms with van der Waals surface area (Å²) in [5, 5.41) is 8.80. The molecule has 1 N–H and O–H groups in total. The molecular weight excluding hydrogens is 545 g/mol. The highest BCUT2D eigenvalue weighted by Crippen LogP contribution is 2.46. The number of halogens is 2. The van der Waals surface area contributed by atoms with Crippen LogP contribution in [0.2, 0.25) is 0 Å². The van der Waals surface area contributed by atoms with Gasteiger partial charge in [-0.05, 0) is 27.7 Å². The zero-order chi connectivity index (χ0) is 23.4. The van der Waals surface area contributed by atoms with Crippen LogP contribution in [0.5, 0.6) is 0 Å². The number of nitrogens with one attached hydrogen (secondary N) is 1. The Balaban J connectivity index is 2.95.